The Hall–Kier alpha value is -1.33. The number of methoxy groups -OCH3 is 1. The number of nitrogens with zero attached hydrogens (tertiary/aromatic N) is 2. The third-order valence-electron chi connectivity index (χ3n) is 2.56. The molecule has 0 N–H and O–H groups in total. The molecule has 1 heterocycles. The van der Waals surface area contributed by atoms with E-state index < -0.39 is 0 Å². The summed E-state index contributed by atoms with van der Waals surface area (Å²) >= 11 is 5.66. The molecule has 0 unspecified atom stereocenters. The number of rotatable bonds is 6. The van der Waals surface area contributed by atoms with Crippen molar-refractivity contribution >= 4 is 17.5 Å². The van der Waals surface area contributed by atoms with Crippen LogP contribution in [0.2, 0.25) is 0 Å². The van der Waals surface area contributed by atoms with Crippen LogP contribution in [0.4, 0.5) is 0 Å². The lowest BCUT2D eigenvalue weighted by Crippen LogP contribution is -2.36. The molecule has 0 spiro atoms. The van der Waals surface area contributed by atoms with Crippen molar-refractivity contribution in [3.8, 4) is 0 Å². The van der Waals surface area contributed by atoms with Crippen LogP contribution in [0.1, 0.15) is 10.4 Å². The summed E-state index contributed by atoms with van der Waals surface area (Å²) in [5.41, 5.74) is 0.165. The van der Waals surface area contributed by atoms with Gasteiger partial charge in [0.25, 0.3) is 11.5 Å². The minimum Gasteiger partial charge on any atom is -0.383 e. The molecule has 0 radical (unpaired) electrons. The molecule has 0 aliphatic carbocycles. The fourth-order valence-electron chi connectivity index (χ4n) is 1.48. The molecule has 1 amide bonds. The summed E-state index contributed by atoms with van der Waals surface area (Å²) in [6, 6.07) is 2.95. The normalized spacial score (nSPS) is 10.4. The third kappa shape index (κ3) is 3.85. The summed E-state index contributed by atoms with van der Waals surface area (Å²) in [4.78, 5) is 25.2. The maximum atomic E-state index is 12.2. The van der Waals surface area contributed by atoms with E-state index in [1.807, 2.05) is 0 Å². The van der Waals surface area contributed by atoms with Gasteiger partial charge in [0.2, 0.25) is 0 Å². The smallest absolute Gasteiger partial charge is 0.254 e. The highest BCUT2D eigenvalue weighted by Crippen LogP contribution is 2.03. The number of halogens is 1. The molecule has 1 aromatic heterocycles. The molecule has 18 heavy (non-hydrogen) atoms. The zero-order valence-corrected chi connectivity index (χ0v) is 11.3. The number of ether oxygens (including phenoxy) is 1. The van der Waals surface area contributed by atoms with E-state index in [1.165, 1.54) is 10.6 Å². The molecule has 0 bridgehead atoms. The largest absolute Gasteiger partial charge is 0.383 e. The first kappa shape index (κ1) is 14.7. The van der Waals surface area contributed by atoms with E-state index in [1.54, 1.807) is 31.3 Å². The lowest BCUT2D eigenvalue weighted by atomic mass is 10.2. The van der Waals surface area contributed by atoms with E-state index >= 15 is 0 Å². The molecule has 5 nitrogen and oxygen atoms in total. The van der Waals surface area contributed by atoms with Crippen LogP contribution in [-0.2, 0) is 11.8 Å². The van der Waals surface area contributed by atoms with Crippen LogP contribution in [0.3, 0.4) is 0 Å². The van der Waals surface area contributed by atoms with Crippen molar-refractivity contribution in [3.05, 3.63) is 34.2 Å². The number of aromatic nitrogens is 1. The van der Waals surface area contributed by atoms with Gasteiger partial charge in [0.05, 0.1) is 6.61 Å². The Balaban J connectivity index is 2.87. The van der Waals surface area contributed by atoms with Crippen molar-refractivity contribution in [1.29, 1.82) is 0 Å². The molecule has 0 aliphatic rings. The van der Waals surface area contributed by atoms with Gasteiger partial charge in [0.15, 0.2) is 0 Å². The quantitative estimate of drug-likeness (QED) is 0.717. The summed E-state index contributed by atoms with van der Waals surface area (Å²) < 4.78 is 6.36. The van der Waals surface area contributed by atoms with Gasteiger partial charge in [-0.25, -0.2) is 0 Å². The Morgan fingerprint density at radius 3 is 2.78 bits per heavy atom. The lowest BCUT2D eigenvalue weighted by molar-refractivity contribution is 0.0707. The number of amides is 1. The summed E-state index contributed by atoms with van der Waals surface area (Å²) in [5.74, 6) is 0.144. The van der Waals surface area contributed by atoms with Gasteiger partial charge in [-0.05, 0) is 6.07 Å². The van der Waals surface area contributed by atoms with E-state index in [4.69, 9.17) is 16.3 Å². The molecule has 0 fully saturated rings. The van der Waals surface area contributed by atoms with Gasteiger partial charge in [-0.3, -0.25) is 9.59 Å². The first-order valence-electron chi connectivity index (χ1n) is 5.61. The SMILES string of the molecule is COCCN(CCCl)C(=O)c1ccn(C)c(=O)c1. The van der Waals surface area contributed by atoms with Crippen LogP contribution in [0, 0.1) is 0 Å². The number of hydrogen-bond donors (Lipinski definition) is 0. The van der Waals surface area contributed by atoms with Gasteiger partial charge in [-0.2, -0.15) is 0 Å². The van der Waals surface area contributed by atoms with Crippen molar-refractivity contribution in [3.63, 3.8) is 0 Å². The molecular weight excluding hydrogens is 256 g/mol. The van der Waals surface area contributed by atoms with Gasteiger partial charge in [-0.15, -0.1) is 11.6 Å². The second-order valence-electron chi connectivity index (χ2n) is 3.84. The minimum atomic E-state index is -0.210. The number of carbonyl (C=O) groups excluding carboxylic acids is 1. The average molecular weight is 273 g/mol. The molecular formula is C12H17ClN2O3. The maximum Gasteiger partial charge on any atom is 0.254 e. The van der Waals surface area contributed by atoms with Crippen LogP contribution >= 0.6 is 11.6 Å². The molecule has 0 saturated heterocycles. The van der Waals surface area contributed by atoms with E-state index in [-0.39, 0.29) is 11.5 Å². The topological polar surface area (TPSA) is 51.5 Å². The molecule has 0 aromatic carbocycles. The second-order valence-corrected chi connectivity index (χ2v) is 4.22. The fourth-order valence-corrected chi connectivity index (χ4v) is 1.69. The number of alkyl halides is 1. The van der Waals surface area contributed by atoms with Crippen molar-refractivity contribution in [2.45, 2.75) is 0 Å². The first-order valence-corrected chi connectivity index (χ1v) is 6.14. The van der Waals surface area contributed by atoms with Crippen LogP contribution in [0.5, 0.6) is 0 Å². The molecule has 6 heteroatoms. The first-order chi connectivity index (χ1) is 8.60. The Kier molecular flexibility index (Phi) is 5.88. The summed E-state index contributed by atoms with van der Waals surface area (Å²) in [6.07, 6.45) is 1.57. The zero-order chi connectivity index (χ0) is 13.5. The van der Waals surface area contributed by atoms with E-state index in [2.05, 4.69) is 0 Å². The zero-order valence-electron chi connectivity index (χ0n) is 10.6. The number of pyridine rings is 1. The Morgan fingerprint density at radius 2 is 2.22 bits per heavy atom. The second kappa shape index (κ2) is 7.18. The monoisotopic (exact) mass is 272 g/mol. The predicted molar refractivity (Wildman–Crippen MR) is 70.2 cm³/mol. The molecule has 100 valence electrons. The summed E-state index contributed by atoms with van der Waals surface area (Å²) in [7, 11) is 3.21. The third-order valence-corrected chi connectivity index (χ3v) is 2.73. The van der Waals surface area contributed by atoms with Crippen molar-refractivity contribution in [2.75, 3.05) is 32.7 Å². The summed E-state index contributed by atoms with van der Waals surface area (Å²) in [6.45, 7) is 1.32. The highest BCUT2D eigenvalue weighted by atomic mass is 35.5. The Bertz CT molecular complexity index is 459. The van der Waals surface area contributed by atoms with Gasteiger partial charge in [-0.1, -0.05) is 0 Å². The lowest BCUT2D eigenvalue weighted by Gasteiger charge is -2.21. The van der Waals surface area contributed by atoms with Crippen LogP contribution < -0.4 is 5.56 Å². The standard InChI is InChI=1S/C12H17ClN2O3/c1-14-5-3-10(9-11(14)16)12(17)15(6-4-13)7-8-18-2/h3,5,9H,4,6-8H2,1-2H3. The minimum absolute atomic E-state index is 0.203. The van der Waals surface area contributed by atoms with Gasteiger partial charge in [0.1, 0.15) is 0 Å². The molecule has 1 aromatic rings. The summed E-state index contributed by atoms with van der Waals surface area (Å²) in [5, 5.41) is 0. The van der Waals surface area contributed by atoms with Gasteiger partial charge >= 0.3 is 0 Å². The molecule has 0 atom stereocenters. The number of aryl methyl sites for hydroxylation is 1. The fraction of sp³-hybridized carbons (Fsp3) is 0.500. The Morgan fingerprint density at radius 1 is 1.50 bits per heavy atom. The number of hydrogen-bond acceptors (Lipinski definition) is 3. The maximum absolute atomic E-state index is 12.2. The van der Waals surface area contributed by atoms with Crippen molar-refractivity contribution < 1.29 is 9.53 Å². The van der Waals surface area contributed by atoms with Crippen LogP contribution in [-0.4, -0.2) is 48.1 Å². The molecule has 0 saturated carbocycles. The van der Waals surface area contributed by atoms with Gasteiger partial charge in [0, 0.05) is 51.0 Å². The van der Waals surface area contributed by atoms with Gasteiger partial charge < -0.3 is 14.2 Å². The molecule has 0 aliphatic heterocycles. The highest BCUT2D eigenvalue weighted by molar-refractivity contribution is 6.18. The van der Waals surface area contributed by atoms with E-state index in [0.29, 0.717) is 31.1 Å². The van der Waals surface area contributed by atoms with Crippen molar-refractivity contribution in [2.24, 2.45) is 7.05 Å². The van der Waals surface area contributed by atoms with Crippen molar-refractivity contribution in [1.82, 2.24) is 9.47 Å². The van der Waals surface area contributed by atoms with E-state index in [9.17, 15) is 9.59 Å². The average Bonchev–Trinajstić information content (AvgIpc) is 2.37. The highest BCUT2D eigenvalue weighted by Gasteiger charge is 2.15. The Labute approximate surface area is 111 Å². The predicted octanol–water partition coefficient (Wildman–Crippen LogP) is 0.713. The van der Waals surface area contributed by atoms with Crippen LogP contribution in [0.25, 0.3) is 0 Å². The van der Waals surface area contributed by atoms with Crippen LogP contribution in [0.15, 0.2) is 23.1 Å². The van der Waals surface area contributed by atoms with E-state index in [0.717, 1.165) is 0 Å². The number of carbonyl (C=O) groups is 1. The molecule has 1 rings (SSSR count).